The molecule has 21 heavy (non-hydrogen) atoms. The number of carbonyl (C=O) groups is 1. The van der Waals surface area contributed by atoms with Gasteiger partial charge in [0, 0.05) is 28.4 Å². The summed E-state index contributed by atoms with van der Waals surface area (Å²) in [6.45, 7) is 1.98. The van der Waals surface area contributed by atoms with Crippen LogP contribution in [-0.2, 0) is 11.2 Å². The molecule has 0 aliphatic carbocycles. The molecule has 0 saturated carbocycles. The molecule has 0 aliphatic rings. The monoisotopic (exact) mass is 298 g/mol. The fourth-order valence-corrected chi connectivity index (χ4v) is 3.00. The Kier molecular flexibility index (Phi) is 3.66. The van der Waals surface area contributed by atoms with Crippen LogP contribution in [-0.4, -0.2) is 21.0 Å². The molecule has 3 aromatic rings. The van der Waals surface area contributed by atoms with Crippen molar-refractivity contribution in [2.75, 3.05) is 0 Å². The first-order valence-corrected chi connectivity index (χ1v) is 7.54. The minimum absolute atomic E-state index is 0.115. The number of aliphatic carboxylic acids is 1. The molecule has 106 valence electrons. The lowest BCUT2D eigenvalue weighted by Crippen LogP contribution is -1.97. The summed E-state index contributed by atoms with van der Waals surface area (Å²) in [5.41, 5.74) is 3.85. The van der Waals surface area contributed by atoms with Gasteiger partial charge < -0.3 is 5.11 Å². The van der Waals surface area contributed by atoms with Gasteiger partial charge in [0.05, 0.1) is 17.6 Å². The van der Waals surface area contributed by atoms with E-state index in [9.17, 15) is 4.79 Å². The van der Waals surface area contributed by atoms with Gasteiger partial charge in [-0.05, 0) is 31.2 Å². The van der Waals surface area contributed by atoms with Gasteiger partial charge in [0.2, 0.25) is 0 Å². The molecule has 0 unspecified atom stereocenters. The number of thiazole rings is 1. The SMILES string of the molecule is Cc1ccc2cc(-c3nc(CCC(=O)O)cs3)ccc2n1. The summed E-state index contributed by atoms with van der Waals surface area (Å²) in [6.07, 6.45) is 0.588. The van der Waals surface area contributed by atoms with E-state index in [-0.39, 0.29) is 6.42 Å². The zero-order valence-electron chi connectivity index (χ0n) is 11.5. The molecule has 0 amide bonds. The lowest BCUT2D eigenvalue weighted by molar-refractivity contribution is -0.136. The van der Waals surface area contributed by atoms with Gasteiger partial charge >= 0.3 is 5.97 Å². The number of hydrogen-bond donors (Lipinski definition) is 1. The van der Waals surface area contributed by atoms with Crippen LogP contribution in [0.4, 0.5) is 0 Å². The number of hydrogen-bond acceptors (Lipinski definition) is 4. The van der Waals surface area contributed by atoms with Crippen molar-refractivity contribution in [3.05, 3.63) is 47.1 Å². The maximum atomic E-state index is 10.6. The summed E-state index contributed by atoms with van der Waals surface area (Å²) >= 11 is 1.54. The lowest BCUT2D eigenvalue weighted by atomic mass is 10.1. The highest BCUT2D eigenvalue weighted by molar-refractivity contribution is 7.13. The summed E-state index contributed by atoms with van der Waals surface area (Å²) in [7, 11) is 0. The Balaban J connectivity index is 1.89. The van der Waals surface area contributed by atoms with E-state index in [4.69, 9.17) is 5.11 Å². The van der Waals surface area contributed by atoms with Crippen LogP contribution >= 0.6 is 11.3 Å². The van der Waals surface area contributed by atoms with Gasteiger partial charge in [0.25, 0.3) is 0 Å². The van der Waals surface area contributed by atoms with E-state index in [0.29, 0.717) is 6.42 Å². The molecule has 4 nitrogen and oxygen atoms in total. The molecule has 5 heteroatoms. The first-order chi connectivity index (χ1) is 10.1. The third kappa shape index (κ3) is 3.08. The minimum atomic E-state index is -0.795. The first kappa shape index (κ1) is 13.7. The molecule has 2 heterocycles. The largest absolute Gasteiger partial charge is 0.481 e. The number of nitrogens with zero attached hydrogens (tertiary/aromatic N) is 2. The van der Waals surface area contributed by atoms with E-state index >= 15 is 0 Å². The average Bonchev–Trinajstić information content (AvgIpc) is 2.93. The molecule has 0 saturated heterocycles. The summed E-state index contributed by atoms with van der Waals surface area (Å²) < 4.78 is 0. The smallest absolute Gasteiger partial charge is 0.303 e. The molecular weight excluding hydrogens is 284 g/mol. The second-order valence-electron chi connectivity index (χ2n) is 4.90. The van der Waals surface area contributed by atoms with Crippen LogP contribution in [0.1, 0.15) is 17.8 Å². The summed E-state index contributed by atoms with van der Waals surface area (Å²) in [4.78, 5) is 19.6. The van der Waals surface area contributed by atoms with Crippen molar-refractivity contribution in [1.29, 1.82) is 0 Å². The number of pyridine rings is 1. The molecule has 0 radical (unpaired) electrons. The van der Waals surface area contributed by atoms with Crippen LogP contribution in [0.2, 0.25) is 0 Å². The van der Waals surface area contributed by atoms with Crippen molar-refractivity contribution >= 4 is 28.2 Å². The van der Waals surface area contributed by atoms with Crippen molar-refractivity contribution in [1.82, 2.24) is 9.97 Å². The fourth-order valence-electron chi connectivity index (χ4n) is 2.15. The van der Waals surface area contributed by atoms with E-state index in [1.165, 1.54) is 0 Å². The first-order valence-electron chi connectivity index (χ1n) is 6.66. The predicted octanol–water partition coefficient (Wildman–Crippen LogP) is 3.68. The standard InChI is InChI=1S/C16H14N2O2S/c1-10-2-3-11-8-12(4-6-14(11)17-10)16-18-13(9-21-16)5-7-15(19)20/h2-4,6,8-9H,5,7H2,1H3,(H,19,20). The van der Waals surface area contributed by atoms with Crippen LogP contribution in [0.25, 0.3) is 21.5 Å². The van der Waals surface area contributed by atoms with Gasteiger partial charge in [-0.3, -0.25) is 9.78 Å². The summed E-state index contributed by atoms with van der Waals surface area (Å²) in [5.74, 6) is -0.795. The number of rotatable bonds is 4. The Labute approximate surface area is 126 Å². The Bertz CT molecular complexity index is 811. The zero-order valence-corrected chi connectivity index (χ0v) is 12.4. The Morgan fingerprint density at radius 3 is 2.90 bits per heavy atom. The Hall–Kier alpha value is -2.27. The van der Waals surface area contributed by atoms with Crippen LogP contribution in [0.15, 0.2) is 35.7 Å². The van der Waals surface area contributed by atoms with Crippen molar-refractivity contribution in [2.24, 2.45) is 0 Å². The van der Waals surface area contributed by atoms with Crippen LogP contribution < -0.4 is 0 Å². The number of fused-ring (bicyclic) bond motifs is 1. The minimum Gasteiger partial charge on any atom is -0.481 e. The van der Waals surface area contributed by atoms with Gasteiger partial charge in [0.15, 0.2) is 0 Å². The molecule has 1 aromatic carbocycles. The Morgan fingerprint density at radius 2 is 2.10 bits per heavy atom. The molecule has 3 rings (SSSR count). The quantitative estimate of drug-likeness (QED) is 0.798. The Morgan fingerprint density at radius 1 is 1.24 bits per heavy atom. The van der Waals surface area contributed by atoms with Gasteiger partial charge in [0.1, 0.15) is 5.01 Å². The maximum absolute atomic E-state index is 10.6. The van der Waals surface area contributed by atoms with Crippen molar-refractivity contribution in [3.8, 4) is 10.6 Å². The molecule has 0 aliphatic heterocycles. The van der Waals surface area contributed by atoms with E-state index in [0.717, 1.165) is 32.9 Å². The molecule has 0 fully saturated rings. The molecule has 2 aromatic heterocycles. The molecule has 0 atom stereocenters. The summed E-state index contributed by atoms with van der Waals surface area (Å²) in [5, 5.41) is 12.6. The molecule has 1 N–H and O–H groups in total. The number of benzene rings is 1. The number of carboxylic acid groups (broad SMARTS) is 1. The van der Waals surface area contributed by atoms with E-state index < -0.39 is 5.97 Å². The summed E-state index contributed by atoms with van der Waals surface area (Å²) in [6, 6.07) is 10.1. The second-order valence-corrected chi connectivity index (χ2v) is 5.76. The normalized spacial score (nSPS) is 10.9. The van der Waals surface area contributed by atoms with Gasteiger partial charge in [-0.15, -0.1) is 11.3 Å². The van der Waals surface area contributed by atoms with E-state index in [1.54, 1.807) is 11.3 Å². The highest BCUT2D eigenvalue weighted by Gasteiger charge is 2.07. The van der Waals surface area contributed by atoms with Crippen LogP contribution in [0.3, 0.4) is 0 Å². The van der Waals surface area contributed by atoms with E-state index in [1.807, 2.05) is 30.5 Å². The fraction of sp³-hybridized carbons (Fsp3) is 0.188. The molecule has 0 bridgehead atoms. The highest BCUT2D eigenvalue weighted by Crippen LogP contribution is 2.27. The van der Waals surface area contributed by atoms with Crippen molar-refractivity contribution < 1.29 is 9.90 Å². The molecule has 0 spiro atoms. The number of aromatic nitrogens is 2. The predicted molar refractivity (Wildman–Crippen MR) is 83.5 cm³/mol. The number of aryl methyl sites for hydroxylation is 2. The zero-order chi connectivity index (χ0) is 14.8. The van der Waals surface area contributed by atoms with Crippen molar-refractivity contribution in [3.63, 3.8) is 0 Å². The third-order valence-corrected chi connectivity index (χ3v) is 4.16. The van der Waals surface area contributed by atoms with Crippen LogP contribution in [0.5, 0.6) is 0 Å². The number of carboxylic acids is 1. The second kappa shape index (κ2) is 5.61. The lowest BCUT2D eigenvalue weighted by Gasteiger charge is -2.01. The topological polar surface area (TPSA) is 63.1 Å². The third-order valence-electron chi connectivity index (χ3n) is 3.22. The van der Waals surface area contributed by atoms with Gasteiger partial charge in [-0.25, -0.2) is 4.98 Å². The average molecular weight is 298 g/mol. The van der Waals surface area contributed by atoms with Crippen LogP contribution in [0, 0.1) is 6.92 Å². The molecular formula is C16H14N2O2S. The van der Waals surface area contributed by atoms with E-state index in [2.05, 4.69) is 22.1 Å². The van der Waals surface area contributed by atoms with Crippen molar-refractivity contribution in [2.45, 2.75) is 19.8 Å². The maximum Gasteiger partial charge on any atom is 0.303 e. The van der Waals surface area contributed by atoms with Gasteiger partial charge in [-0.2, -0.15) is 0 Å². The highest BCUT2D eigenvalue weighted by atomic mass is 32.1. The van der Waals surface area contributed by atoms with Gasteiger partial charge in [-0.1, -0.05) is 6.07 Å².